The van der Waals surface area contributed by atoms with Crippen molar-refractivity contribution in [1.82, 2.24) is 9.88 Å². The van der Waals surface area contributed by atoms with Crippen LogP contribution in [0.3, 0.4) is 0 Å². The molecule has 0 bridgehead atoms. The summed E-state index contributed by atoms with van der Waals surface area (Å²) in [6, 6.07) is 14.6. The van der Waals surface area contributed by atoms with E-state index >= 15 is 0 Å². The van der Waals surface area contributed by atoms with E-state index in [1.807, 2.05) is 30.3 Å². The molecule has 2 aromatic carbocycles. The van der Waals surface area contributed by atoms with Gasteiger partial charge in [0.05, 0.1) is 0 Å². The van der Waals surface area contributed by atoms with Crippen molar-refractivity contribution in [2.75, 3.05) is 13.1 Å². The number of rotatable bonds is 3. The normalized spacial score (nSPS) is 15.8. The highest BCUT2D eigenvalue weighted by atomic mass is 19.1. The summed E-state index contributed by atoms with van der Waals surface area (Å²) in [4.78, 5) is 6.85. The largest absolute Gasteiger partial charge is 0.436 e. The number of para-hydroxylation sites is 2. The zero-order valence-corrected chi connectivity index (χ0v) is 12.7. The maximum Gasteiger partial charge on any atom is 0.222 e. The van der Waals surface area contributed by atoms with Crippen LogP contribution in [0, 0.1) is 5.82 Å². The Kier molecular flexibility index (Phi) is 3.67. The van der Waals surface area contributed by atoms with Crippen LogP contribution >= 0.6 is 0 Å². The molecule has 0 saturated heterocycles. The Labute approximate surface area is 134 Å². The van der Waals surface area contributed by atoms with Crippen molar-refractivity contribution in [3.8, 4) is 0 Å². The first-order chi connectivity index (χ1) is 11.3. The van der Waals surface area contributed by atoms with E-state index in [2.05, 4.69) is 16.0 Å². The lowest BCUT2D eigenvalue weighted by Gasteiger charge is -2.25. The van der Waals surface area contributed by atoms with Crippen molar-refractivity contribution in [2.45, 2.75) is 13.0 Å². The van der Waals surface area contributed by atoms with Crippen LogP contribution in [0.2, 0.25) is 0 Å². The Morgan fingerprint density at radius 2 is 2.04 bits per heavy atom. The smallest absolute Gasteiger partial charge is 0.222 e. The van der Waals surface area contributed by atoms with E-state index in [4.69, 9.17) is 4.42 Å². The van der Waals surface area contributed by atoms with E-state index in [1.54, 1.807) is 12.1 Å². The van der Waals surface area contributed by atoms with Crippen molar-refractivity contribution < 1.29 is 8.81 Å². The molecule has 3 aromatic rings. The molecule has 0 saturated carbocycles. The first-order valence-electron chi connectivity index (χ1n) is 7.80. The Morgan fingerprint density at radius 1 is 1.13 bits per heavy atom. The Bertz CT molecular complexity index is 835. The van der Waals surface area contributed by atoms with E-state index in [0.29, 0.717) is 0 Å². The molecule has 116 valence electrons. The molecule has 4 rings (SSSR count). The van der Waals surface area contributed by atoms with E-state index in [1.165, 1.54) is 6.07 Å². The van der Waals surface area contributed by atoms with Crippen LogP contribution < -0.4 is 0 Å². The summed E-state index contributed by atoms with van der Waals surface area (Å²) in [5.74, 6) is 0.541. The molecular formula is C19H17FN2O. The molecule has 0 N–H and O–H groups in total. The minimum Gasteiger partial charge on any atom is -0.436 e. The second-order valence-corrected chi connectivity index (χ2v) is 5.83. The van der Waals surface area contributed by atoms with Gasteiger partial charge >= 0.3 is 0 Å². The first kappa shape index (κ1) is 14.2. The van der Waals surface area contributed by atoms with Gasteiger partial charge in [0.2, 0.25) is 5.89 Å². The van der Waals surface area contributed by atoms with E-state index < -0.39 is 0 Å². The minimum atomic E-state index is -0.179. The SMILES string of the molecule is Fc1cccc(CN2CC=C(c3nc4ccccc4o3)CC2)c1. The van der Waals surface area contributed by atoms with Crippen molar-refractivity contribution >= 4 is 16.7 Å². The van der Waals surface area contributed by atoms with Gasteiger partial charge in [-0.3, -0.25) is 4.90 Å². The van der Waals surface area contributed by atoms with Gasteiger partial charge in [-0.1, -0.05) is 30.3 Å². The van der Waals surface area contributed by atoms with Gasteiger partial charge in [0.15, 0.2) is 5.58 Å². The standard InChI is InChI=1S/C19H17FN2O/c20-16-5-3-4-14(12-16)13-22-10-8-15(9-11-22)19-21-17-6-1-2-7-18(17)23-19/h1-8,12H,9-11,13H2. The molecule has 0 fully saturated rings. The van der Waals surface area contributed by atoms with Crippen LogP contribution in [0.5, 0.6) is 0 Å². The molecule has 0 aliphatic carbocycles. The van der Waals surface area contributed by atoms with Gasteiger partial charge in [0.25, 0.3) is 0 Å². The fourth-order valence-electron chi connectivity index (χ4n) is 2.95. The number of oxazole rings is 1. The monoisotopic (exact) mass is 308 g/mol. The number of benzene rings is 2. The highest BCUT2D eigenvalue weighted by Gasteiger charge is 2.17. The van der Waals surface area contributed by atoms with Crippen molar-refractivity contribution in [3.05, 3.63) is 71.9 Å². The zero-order valence-electron chi connectivity index (χ0n) is 12.7. The molecule has 23 heavy (non-hydrogen) atoms. The van der Waals surface area contributed by atoms with Crippen molar-refractivity contribution in [3.63, 3.8) is 0 Å². The van der Waals surface area contributed by atoms with Crippen molar-refractivity contribution in [1.29, 1.82) is 0 Å². The van der Waals surface area contributed by atoms with Gasteiger partial charge in [-0.2, -0.15) is 0 Å². The molecule has 0 amide bonds. The minimum absolute atomic E-state index is 0.179. The van der Waals surface area contributed by atoms with Gasteiger partial charge in [-0.15, -0.1) is 0 Å². The number of aromatic nitrogens is 1. The van der Waals surface area contributed by atoms with Gasteiger partial charge in [0.1, 0.15) is 11.3 Å². The topological polar surface area (TPSA) is 29.3 Å². The molecule has 3 nitrogen and oxygen atoms in total. The number of hydrogen-bond donors (Lipinski definition) is 0. The Balaban J connectivity index is 1.48. The lowest BCUT2D eigenvalue weighted by Crippen LogP contribution is -2.28. The third-order valence-corrected chi connectivity index (χ3v) is 4.16. The molecule has 1 aromatic heterocycles. The van der Waals surface area contributed by atoms with E-state index in [0.717, 1.165) is 54.2 Å². The summed E-state index contributed by atoms with van der Waals surface area (Å²) < 4.78 is 19.1. The quantitative estimate of drug-likeness (QED) is 0.724. The van der Waals surface area contributed by atoms with Crippen LogP contribution in [0.15, 0.2) is 59.0 Å². The Hall–Kier alpha value is -2.46. The third-order valence-electron chi connectivity index (χ3n) is 4.16. The van der Waals surface area contributed by atoms with Gasteiger partial charge in [0, 0.05) is 25.2 Å². The van der Waals surface area contributed by atoms with Crippen LogP contribution in [0.1, 0.15) is 17.9 Å². The lowest BCUT2D eigenvalue weighted by molar-refractivity contribution is 0.292. The molecule has 4 heteroatoms. The van der Waals surface area contributed by atoms with E-state index in [-0.39, 0.29) is 5.82 Å². The molecule has 2 heterocycles. The molecule has 0 unspecified atom stereocenters. The summed E-state index contributed by atoms with van der Waals surface area (Å²) in [5, 5.41) is 0. The molecule has 0 spiro atoms. The maximum atomic E-state index is 13.3. The second-order valence-electron chi connectivity index (χ2n) is 5.83. The van der Waals surface area contributed by atoms with Crippen molar-refractivity contribution in [2.24, 2.45) is 0 Å². The van der Waals surface area contributed by atoms with E-state index in [9.17, 15) is 4.39 Å². The van der Waals surface area contributed by atoms with Gasteiger partial charge in [-0.25, -0.2) is 9.37 Å². The number of halogens is 1. The summed E-state index contributed by atoms with van der Waals surface area (Å²) in [7, 11) is 0. The highest BCUT2D eigenvalue weighted by molar-refractivity contribution is 5.75. The average molecular weight is 308 g/mol. The first-order valence-corrected chi connectivity index (χ1v) is 7.80. The van der Waals surface area contributed by atoms with Crippen LogP contribution in [-0.2, 0) is 6.54 Å². The summed E-state index contributed by atoms with van der Waals surface area (Å²) >= 11 is 0. The van der Waals surface area contributed by atoms with Crippen LogP contribution in [-0.4, -0.2) is 23.0 Å². The lowest BCUT2D eigenvalue weighted by atomic mass is 10.1. The fraction of sp³-hybridized carbons (Fsp3) is 0.211. The summed E-state index contributed by atoms with van der Waals surface area (Å²) in [6.45, 7) is 2.50. The second kappa shape index (κ2) is 5.97. The molecule has 0 atom stereocenters. The highest BCUT2D eigenvalue weighted by Crippen LogP contribution is 2.26. The number of hydrogen-bond acceptors (Lipinski definition) is 3. The molecule has 1 aliphatic heterocycles. The maximum absolute atomic E-state index is 13.3. The predicted molar refractivity (Wildman–Crippen MR) is 88.3 cm³/mol. The average Bonchev–Trinajstić information content (AvgIpc) is 2.99. The predicted octanol–water partition coefficient (Wildman–Crippen LogP) is 4.26. The summed E-state index contributed by atoms with van der Waals surface area (Å²) in [6.07, 6.45) is 3.05. The third kappa shape index (κ3) is 3.03. The van der Waals surface area contributed by atoms with Crippen LogP contribution in [0.4, 0.5) is 4.39 Å². The number of fused-ring (bicyclic) bond motifs is 1. The van der Waals surface area contributed by atoms with Crippen LogP contribution in [0.25, 0.3) is 16.7 Å². The van der Waals surface area contributed by atoms with Gasteiger partial charge in [-0.05, 0) is 36.2 Å². The summed E-state index contributed by atoms with van der Waals surface area (Å²) in [5.41, 5.74) is 3.87. The Morgan fingerprint density at radius 3 is 2.83 bits per heavy atom. The molecule has 0 radical (unpaired) electrons. The van der Waals surface area contributed by atoms with Gasteiger partial charge < -0.3 is 4.42 Å². The fourth-order valence-corrected chi connectivity index (χ4v) is 2.95. The zero-order chi connectivity index (χ0) is 15.6. The molecule has 1 aliphatic rings. The number of nitrogens with zero attached hydrogens (tertiary/aromatic N) is 2. The molecular weight excluding hydrogens is 291 g/mol.